The molecule has 1 aliphatic carbocycles. The van der Waals surface area contributed by atoms with Crippen LogP contribution < -0.4 is 10.0 Å². The summed E-state index contributed by atoms with van der Waals surface area (Å²) in [6.07, 6.45) is 4.37. The van der Waals surface area contributed by atoms with E-state index in [0.717, 1.165) is 19.3 Å². The minimum Gasteiger partial charge on any atom is -0.409 e. The number of oxime groups is 1. The molecular weight excluding hydrogens is 290 g/mol. The van der Waals surface area contributed by atoms with Gasteiger partial charge in [-0.2, -0.15) is 0 Å². The van der Waals surface area contributed by atoms with Crippen molar-refractivity contribution < 1.29 is 13.6 Å². The molecule has 0 spiro atoms. The van der Waals surface area contributed by atoms with E-state index in [1.165, 1.54) is 11.4 Å². The zero-order chi connectivity index (χ0) is 15.5. The van der Waals surface area contributed by atoms with E-state index in [-0.39, 0.29) is 11.1 Å². The van der Waals surface area contributed by atoms with Gasteiger partial charge >= 0.3 is 0 Å². The highest BCUT2D eigenvalue weighted by Gasteiger charge is 2.32. The molecule has 6 nitrogen and oxygen atoms in total. The zero-order valence-corrected chi connectivity index (χ0v) is 12.9. The average molecular weight is 311 g/mol. The van der Waals surface area contributed by atoms with Crippen LogP contribution in [0.5, 0.6) is 0 Å². The maximum Gasteiger partial charge on any atom is 0.237 e. The minimum absolute atomic E-state index is 0.101. The van der Waals surface area contributed by atoms with Gasteiger partial charge in [-0.3, -0.25) is 4.31 Å². The van der Waals surface area contributed by atoms with Crippen molar-refractivity contribution >= 4 is 21.5 Å². The number of sulfonamides is 1. The number of para-hydroxylation sites is 1. The van der Waals surface area contributed by atoms with Crippen molar-refractivity contribution in [2.24, 2.45) is 10.9 Å². The Morgan fingerprint density at radius 1 is 1.29 bits per heavy atom. The molecule has 2 rings (SSSR count). The van der Waals surface area contributed by atoms with Crippen molar-refractivity contribution in [3.63, 3.8) is 0 Å². The van der Waals surface area contributed by atoms with E-state index in [0.29, 0.717) is 24.1 Å². The Kier molecular flexibility index (Phi) is 4.72. The summed E-state index contributed by atoms with van der Waals surface area (Å²) in [7, 11) is -1.92. The molecule has 0 saturated heterocycles. The first-order valence-electron chi connectivity index (χ1n) is 7.03. The lowest BCUT2D eigenvalue weighted by atomic mass is 10.0. The Labute approximate surface area is 125 Å². The maximum absolute atomic E-state index is 12.7. The van der Waals surface area contributed by atoms with Gasteiger partial charge in [-0.05, 0) is 25.0 Å². The standard InChI is InChI=1S/C14H21N3O3S/c1-17(21(19,20)11-7-3-2-4-8-11)13-10-6-5-9-12(13)14(15)16-18/h5-6,9-11,18H,2-4,7-8H2,1H3,(H2,15,16). The van der Waals surface area contributed by atoms with Crippen molar-refractivity contribution in [1.29, 1.82) is 0 Å². The molecule has 21 heavy (non-hydrogen) atoms. The van der Waals surface area contributed by atoms with Gasteiger partial charge in [-0.15, -0.1) is 0 Å². The van der Waals surface area contributed by atoms with E-state index in [2.05, 4.69) is 5.16 Å². The smallest absolute Gasteiger partial charge is 0.237 e. The molecule has 0 unspecified atom stereocenters. The van der Waals surface area contributed by atoms with E-state index in [4.69, 9.17) is 10.9 Å². The van der Waals surface area contributed by atoms with Gasteiger partial charge in [0.05, 0.1) is 10.9 Å². The van der Waals surface area contributed by atoms with Crippen LogP contribution in [0.2, 0.25) is 0 Å². The molecule has 0 bridgehead atoms. The first kappa shape index (κ1) is 15.6. The highest BCUT2D eigenvalue weighted by Crippen LogP contribution is 2.29. The SMILES string of the molecule is CN(c1ccccc1/C(N)=N/O)S(=O)(=O)C1CCCCC1. The maximum atomic E-state index is 12.7. The summed E-state index contributed by atoms with van der Waals surface area (Å²) < 4.78 is 26.7. The van der Waals surface area contributed by atoms with Gasteiger partial charge in [0.15, 0.2) is 5.84 Å². The van der Waals surface area contributed by atoms with Crippen LogP contribution in [-0.4, -0.2) is 31.8 Å². The lowest BCUT2D eigenvalue weighted by molar-refractivity contribution is 0.318. The largest absolute Gasteiger partial charge is 0.409 e. The second-order valence-electron chi connectivity index (χ2n) is 5.27. The van der Waals surface area contributed by atoms with Crippen molar-refractivity contribution in [3.8, 4) is 0 Å². The van der Waals surface area contributed by atoms with E-state index >= 15 is 0 Å². The van der Waals surface area contributed by atoms with E-state index in [1.54, 1.807) is 24.3 Å². The molecule has 1 aromatic carbocycles. The van der Waals surface area contributed by atoms with Crippen LogP contribution in [0.15, 0.2) is 29.4 Å². The monoisotopic (exact) mass is 311 g/mol. The third-order valence-corrected chi connectivity index (χ3v) is 6.26. The zero-order valence-electron chi connectivity index (χ0n) is 12.1. The summed E-state index contributed by atoms with van der Waals surface area (Å²) in [5.41, 5.74) is 6.47. The number of benzene rings is 1. The van der Waals surface area contributed by atoms with Crippen LogP contribution in [0, 0.1) is 0 Å². The molecule has 0 aliphatic heterocycles. The number of anilines is 1. The van der Waals surface area contributed by atoms with E-state index in [9.17, 15) is 8.42 Å². The molecule has 3 N–H and O–H groups in total. The van der Waals surface area contributed by atoms with Gasteiger partial charge in [-0.1, -0.05) is 36.6 Å². The van der Waals surface area contributed by atoms with Crippen LogP contribution >= 0.6 is 0 Å². The van der Waals surface area contributed by atoms with Crippen molar-refractivity contribution in [3.05, 3.63) is 29.8 Å². The number of hydrogen-bond donors (Lipinski definition) is 2. The highest BCUT2D eigenvalue weighted by molar-refractivity contribution is 7.93. The fraction of sp³-hybridized carbons (Fsp3) is 0.500. The predicted molar refractivity (Wildman–Crippen MR) is 83.1 cm³/mol. The van der Waals surface area contributed by atoms with E-state index < -0.39 is 10.0 Å². The van der Waals surface area contributed by atoms with Crippen LogP contribution in [0.4, 0.5) is 5.69 Å². The Hall–Kier alpha value is -1.76. The molecule has 1 aliphatic rings. The molecule has 1 aromatic rings. The van der Waals surface area contributed by atoms with Crippen LogP contribution in [0.3, 0.4) is 0 Å². The fourth-order valence-corrected chi connectivity index (χ4v) is 4.55. The van der Waals surface area contributed by atoms with Gasteiger partial charge in [0.25, 0.3) is 0 Å². The Bertz CT molecular complexity index is 622. The van der Waals surface area contributed by atoms with E-state index in [1.807, 2.05) is 0 Å². The van der Waals surface area contributed by atoms with Crippen LogP contribution in [-0.2, 0) is 10.0 Å². The van der Waals surface area contributed by atoms with Gasteiger partial charge < -0.3 is 10.9 Å². The van der Waals surface area contributed by atoms with Crippen molar-refractivity contribution in [1.82, 2.24) is 0 Å². The molecule has 1 fully saturated rings. The molecule has 116 valence electrons. The number of hydrogen-bond acceptors (Lipinski definition) is 4. The normalized spacial score (nSPS) is 17.7. The first-order chi connectivity index (χ1) is 9.98. The highest BCUT2D eigenvalue weighted by atomic mass is 32.2. The summed E-state index contributed by atoms with van der Waals surface area (Å²) in [6.45, 7) is 0. The summed E-state index contributed by atoms with van der Waals surface area (Å²) in [4.78, 5) is 0. The summed E-state index contributed by atoms with van der Waals surface area (Å²) in [6, 6.07) is 6.75. The minimum atomic E-state index is -3.44. The topological polar surface area (TPSA) is 96.0 Å². The molecule has 0 aromatic heterocycles. The molecule has 7 heteroatoms. The number of nitrogens with zero attached hydrogens (tertiary/aromatic N) is 2. The molecular formula is C14H21N3O3S. The Morgan fingerprint density at radius 2 is 1.90 bits per heavy atom. The second kappa shape index (κ2) is 6.34. The molecule has 0 radical (unpaired) electrons. The average Bonchev–Trinajstić information content (AvgIpc) is 2.54. The second-order valence-corrected chi connectivity index (χ2v) is 7.52. The summed E-state index contributed by atoms with van der Waals surface area (Å²) in [5.74, 6) is -0.101. The number of nitrogens with two attached hydrogens (primary N) is 1. The van der Waals surface area contributed by atoms with Gasteiger partial charge in [-0.25, -0.2) is 8.42 Å². The van der Waals surface area contributed by atoms with Crippen molar-refractivity contribution in [2.45, 2.75) is 37.4 Å². The molecule has 0 heterocycles. The summed E-state index contributed by atoms with van der Waals surface area (Å²) in [5, 5.41) is 11.5. The molecule has 0 atom stereocenters. The molecule has 1 saturated carbocycles. The van der Waals surface area contributed by atoms with Crippen LogP contribution in [0.1, 0.15) is 37.7 Å². The fourth-order valence-electron chi connectivity index (χ4n) is 2.74. The van der Waals surface area contributed by atoms with Gasteiger partial charge in [0.2, 0.25) is 10.0 Å². The Morgan fingerprint density at radius 3 is 2.52 bits per heavy atom. The summed E-state index contributed by atoms with van der Waals surface area (Å²) >= 11 is 0. The van der Waals surface area contributed by atoms with Crippen molar-refractivity contribution in [2.75, 3.05) is 11.4 Å². The first-order valence-corrected chi connectivity index (χ1v) is 8.53. The van der Waals surface area contributed by atoms with Crippen LogP contribution in [0.25, 0.3) is 0 Å². The third-order valence-electron chi connectivity index (χ3n) is 3.98. The number of rotatable bonds is 4. The third kappa shape index (κ3) is 3.12. The number of amidine groups is 1. The molecule has 0 amide bonds. The lowest BCUT2D eigenvalue weighted by Gasteiger charge is -2.29. The predicted octanol–water partition coefficient (Wildman–Crippen LogP) is 1.88. The van der Waals surface area contributed by atoms with Gasteiger partial charge in [0, 0.05) is 12.6 Å². The van der Waals surface area contributed by atoms with Gasteiger partial charge in [0.1, 0.15) is 0 Å². The Balaban J connectivity index is 2.37. The quantitative estimate of drug-likeness (QED) is 0.384. The lowest BCUT2D eigenvalue weighted by Crippen LogP contribution is -2.38.